The van der Waals surface area contributed by atoms with E-state index in [0.717, 1.165) is 36.5 Å². The van der Waals surface area contributed by atoms with Crippen LogP contribution in [0.3, 0.4) is 0 Å². The molecule has 76 valence electrons. The molecule has 0 spiro atoms. The number of fused-ring (bicyclic) bond motifs is 1. The zero-order valence-electron chi connectivity index (χ0n) is 8.20. The van der Waals surface area contributed by atoms with Crippen molar-refractivity contribution in [3.63, 3.8) is 0 Å². The Labute approximate surface area is 88.0 Å². The standard InChI is InChI=1S/C11H15NOS/c13-9-3-1-2-8-11(9)14-10(12-8)6-7-4-5-7/h7,9,13H,1-6H2. The monoisotopic (exact) mass is 209 g/mol. The molecule has 0 bridgehead atoms. The van der Waals surface area contributed by atoms with Crippen LogP contribution < -0.4 is 0 Å². The fourth-order valence-electron chi connectivity index (χ4n) is 2.10. The van der Waals surface area contributed by atoms with Crippen molar-refractivity contribution in [1.82, 2.24) is 4.98 Å². The smallest absolute Gasteiger partial charge is 0.0934 e. The fourth-order valence-corrected chi connectivity index (χ4v) is 3.35. The molecule has 0 aromatic carbocycles. The minimum atomic E-state index is -0.218. The molecule has 14 heavy (non-hydrogen) atoms. The lowest BCUT2D eigenvalue weighted by molar-refractivity contribution is 0.160. The van der Waals surface area contributed by atoms with E-state index in [1.807, 2.05) is 0 Å². The predicted octanol–water partition coefficient (Wildman–Crippen LogP) is 2.47. The summed E-state index contributed by atoms with van der Waals surface area (Å²) >= 11 is 1.75. The lowest BCUT2D eigenvalue weighted by Gasteiger charge is -2.14. The lowest BCUT2D eigenvalue weighted by Crippen LogP contribution is -2.06. The average Bonchev–Trinajstić information content (AvgIpc) is 2.84. The molecule has 1 saturated carbocycles. The van der Waals surface area contributed by atoms with Crippen molar-refractivity contribution in [1.29, 1.82) is 0 Å². The molecule has 1 fully saturated rings. The molecule has 1 aromatic rings. The second-order valence-electron chi connectivity index (χ2n) is 4.47. The maximum Gasteiger partial charge on any atom is 0.0934 e. The summed E-state index contributed by atoms with van der Waals surface area (Å²) in [6.45, 7) is 0. The van der Waals surface area contributed by atoms with Gasteiger partial charge in [-0.1, -0.05) is 0 Å². The van der Waals surface area contributed by atoms with Gasteiger partial charge in [-0.2, -0.15) is 0 Å². The Hall–Kier alpha value is -0.410. The van der Waals surface area contributed by atoms with Crippen LogP contribution in [0.1, 0.15) is 47.4 Å². The first-order valence-corrected chi connectivity index (χ1v) is 6.31. The maximum absolute atomic E-state index is 9.79. The normalized spacial score (nSPS) is 26.2. The van der Waals surface area contributed by atoms with Crippen LogP contribution >= 0.6 is 11.3 Å². The third-order valence-corrected chi connectivity index (χ3v) is 4.35. The molecule has 1 N–H and O–H groups in total. The van der Waals surface area contributed by atoms with Gasteiger partial charge < -0.3 is 5.11 Å². The molecular weight excluding hydrogens is 194 g/mol. The number of aliphatic hydroxyl groups excluding tert-OH is 1. The Morgan fingerprint density at radius 2 is 2.21 bits per heavy atom. The number of rotatable bonds is 2. The molecule has 2 nitrogen and oxygen atoms in total. The largest absolute Gasteiger partial charge is 0.388 e. The average molecular weight is 209 g/mol. The van der Waals surface area contributed by atoms with Crippen LogP contribution in [-0.2, 0) is 12.8 Å². The third kappa shape index (κ3) is 1.59. The summed E-state index contributed by atoms with van der Waals surface area (Å²) in [7, 11) is 0. The van der Waals surface area contributed by atoms with E-state index in [1.54, 1.807) is 11.3 Å². The fraction of sp³-hybridized carbons (Fsp3) is 0.727. The minimum absolute atomic E-state index is 0.218. The van der Waals surface area contributed by atoms with Gasteiger partial charge >= 0.3 is 0 Å². The van der Waals surface area contributed by atoms with Crippen LogP contribution in [0.25, 0.3) is 0 Å². The molecule has 0 amide bonds. The molecule has 1 atom stereocenters. The summed E-state index contributed by atoms with van der Waals surface area (Å²) in [6.07, 6.45) is 6.81. The number of hydrogen-bond acceptors (Lipinski definition) is 3. The summed E-state index contributed by atoms with van der Waals surface area (Å²) in [5, 5.41) is 11.1. The van der Waals surface area contributed by atoms with Gasteiger partial charge in [0.15, 0.2) is 0 Å². The molecule has 0 aliphatic heterocycles. The molecule has 0 saturated heterocycles. The van der Waals surface area contributed by atoms with Crippen LogP contribution in [-0.4, -0.2) is 10.1 Å². The van der Waals surface area contributed by atoms with Gasteiger partial charge in [-0.25, -0.2) is 4.98 Å². The first-order valence-electron chi connectivity index (χ1n) is 5.49. The van der Waals surface area contributed by atoms with E-state index < -0.39 is 0 Å². The zero-order chi connectivity index (χ0) is 9.54. The topological polar surface area (TPSA) is 33.1 Å². The van der Waals surface area contributed by atoms with Crippen LogP contribution in [0, 0.1) is 5.92 Å². The van der Waals surface area contributed by atoms with E-state index in [-0.39, 0.29) is 6.10 Å². The van der Waals surface area contributed by atoms with Crippen molar-refractivity contribution in [2.45, 2.75) is 44.6 Å². The lowest BCUT2D eigenvalue weighted by atomic mass is 10.0. The van der Waals surface area contributed by atoms with Gasteiger partial charge in [0, 0.05) is 6.42 Å². The number of aliphatic hydroxyl groups is 1. The van der Waals surface area contributed by atoms with Crippen LogP contribution in [0.4, 0.5) is 0 Å². The van der Waals surface area contributed by atoms with Crippen molar-refractivity contribution in [2.75, 3.05) is 0 Å². The van der Waals surface area contributed by atoms with Gasteiger partial charge in [0.25, 0.3) is 0 Å². The molecule has 1 aromatic heterocycles. The second kappa shape index (κ2) is 3.31. The molecule has 1 heterocycles. The van der Waals surface area contributed by atoms with Gasteiger partial charge in [0.2, 0.25) is 0 Å². The molecule has 3 rings (SSSR count). The highest BCUT2D eigenvalue weighted by Gasteiger charge is 2.26. The second-order valence-corrected chi connectivity index (χ2v) is 5.59. The number of thiazole rings is 1. The number of hydrogen-bond donors (Lipinski definition) is 1. The van der Waals surface area contributed by atoms with Gasteiger partial charge in [-0.3, -0.25) is 0 Å². The highest BCUT2D eigenvalue weighted by atomic mass is 32.1. The number of aromatic nitrogens is 1. The summed E-state index contributed by atoms with van der Waals surface area (Å²) in [6, 6.07) is 0. The molecule has 2 aliphatic rings. The first-order chi connectivity index (χ1) is 6.83. The van der Waals surface area contributed by atoms with Crippen molar-refractivity contribution < 1.29 is 5.11 Å². The van der Waals surface area contributed by atoms with Crippen molar-refractivity contribution >= 4 is 11.3 Å². The number of aryl methyl sites for hydroxylation is 1. The number of nitrogens with zero attached hydrogens (tertiary/aromatic N) is 1. The zero-order valence-corrected chi connectivity index (χ0v) is 9.02. The van der Waals surface area contributed by atoms with E-state index in [1.165, 1.54) is 23.5 Å². The Bertz CT molecular complexity index is 343. The van der Waals surface area contributed by atoms with E-state index in [9.17, 15) is 5.11 Å². The van der Waals surface area contributed by atoms with Crippen LogP contribution in [0.2, 0.25) is 0 Å². The molecule has 1 unspecified atom stereocenters. The summed E-state index contributed by atoms with van der Waals surface area (Å²) in [4.78, 5) is 5.80. The SMILES string of the molecule is OC1CCCc2nc(CC3CC3)sc21. The van der Waals surface area contributed by atoms with Crippen LogP contribution in [0.15, 0.2) is 0 Å². The molecule has 0 radical (unpaired) electrons. The minimum Gasteiger partial charge on any atom is -0.388 e. The van der Waals surface area contributed by atoms with Crippen molar-refractivity contribution in [3.05, 3.63) is 15.6 Å². The van der Waals surface area contributed by atoms with E-state index in [2.05, 4.69) is 4.98 Å². The van der Waals surface area contributed by atoms with Crippen molar-refractivity contribution in [3.8, 4) is 0 Å². The van der Waals surface area contributed by atoms with E-state index in [4.69, 9.17) is 0 Å². The predicted molar refractivity (Wildman–Crippen MR) is 56.4 cm³/mol. The van der Waals surface area contributed by atoms with E-state index >= 15 is 0 Å². The molecule has 2 aliphatic carbocycles. The first kappa shape index (κ1) is 8.86. The molecule has 3 heteroatoms. The summed E-state index contributed by atoms with van der Waals surface area (Å²) < 4.78 is 0. The summed E-state index contributed by atoms with van der Waals surface area (Å²) in [5.74, 6) is 0.903. The van der Waals surface area contributed by atoms with Crippen LogP contribution in [0.5, 0.6) is 0 Å². The highest BCUT2D eigenvalue weighted by molar-refractivity contribution is 7.11. The Morgan fingerprint density at radius 3 is 2.93 bits per heavy atom. The van der Waals surface area contributed by atoms with Gasteiger partial charge in [-0.05, 0) is 38.0 Å². The molecular formula is C11H15NOS. The van der Waals surface area contributed by atoms with E-state index in [0.29, 0.717) is 0 Å². The van der Waals surface area contributed by atoms with Gasteiger partial charge in [0.1, 0.15) is 0 Å². The Balaban J connectivity index is 1.85. The quantitative estimate of drug-likeness (QED) is 0.811. The maximum atomic E-state index is 9.79. The summed E-state index contributed by atoms with van der Waals surface area (Å²) in [5.41, 5.74) is 1.18. The Morgan fingerprint density at radius 1 is 1.36 bits per heavy atom. The van der Waals surface area contributed by atoms with Gasteiger partial charge in [0.05, 0.1) is 21.7 Å². The third-order valence-electron chi connectivity index (χ3n) is 3.13. The van der Waals surface area contributed by atoms with Crippen molar-refractivity contribution in [2.24, 2.45) is 5.92 Å². The highest BCUT2D eigenvalue weighted by Crippen LogP contribution is 2.38. The van der Waals surface area contributed by atoms with Gasteiger partial charge in [-0.15, -0.1) is 11.3 Å². The Kier molecular flexibility index (Phi) is 2.10.